The molecule has 0 fully saturated rings. The van der Waals surface area contributed by atoms with Gasteiger partial charge in [0, 0.05) is 33.5 Å². The van der Waals surface area contributed by atoms with Crippen LogP contribution in [0.4, 0.5) is 17.1 Å². The molecule has 0 N–H and O–H groups in total. The predicted octanol–water partition coefficient (Wildman–Crippen LogP) is 15.9. The van der Waals surface area contributed by atoms with Crippen molar-refractivity contribution in [1.29, 1.82) is 0 Å². The summed E-state index contributed by atoms with van der Waals surface area (Å²) < 4.78 is 13.9. The van der Waals surface area contributed by atoms with Crippen LogP contribution in [0.1, 0.15) is 44.5 Å². The Kier molecular flexibility index (Phi) is 7.53. The number of hydrogen-bond donors (Lipinski definition) is 0. The van der Waals surface area contributed by atoms with E-state index in [1.807, 2.05) is 6.07 Å². The second-order valence-electron chi connectivity index (χ2n) is 17.4. The largest absolute Gasteiger partial charge is 0.456 e. The van der Waals surface area contributed by atoms with Crippen LogP contribution in [0.15, 0.2) is 241 Å². The summed E-state index contributed by atoms with van der Waals surface area (Å²) in [6, 6.07) is 86.1. The van der Waals surface area contributed by atoms with Crippen LogP contribution in [-0.4, -0.2) is 0 Å². The van der Waals surface area contributed by atoms with Gasteiger partial charge in [0.2, 0.25) is 0 Å². The van der Waals surface area contributed by atoms with Gasteiger partial charge < -0.3 is 14.1 Å². The Morgan fingerprint density at radius 3 is 1.66 bits per heavy atom. The van der Waals surface area contributed by atoms with E-state index in [2.05, 4.69) is 235 Å². The Bertz CT molecular complexity index is 3620. The molecular formula is C62H39NO2. The molecule has 10 aromatic carbocycles. The molecule has 0 unspecified atom stereocenters. The highest BCUT2D eigenvalue weighted by Gasteiger charge is 2.54. The number of ether oxygens (including phenoxy) is 1. The lowest BCUT2D eigenvalue weighted by atomic mass is 9.64. The standard InChI is InChI=1S/C62H39NO2/c1-4-19-40(20-5-1)61(41-21-6-2-7-22-41)51-37-38-52-60(65-56-33-17-15-30-50(56)62(52)48-28-13-10-25-44(48)45-26-11-14-29-49(45)62)58(51)46-36-35-43(39-53(46)61)63(42-23-8-3-9-24-42)54-31-18-34-57-59(54)47-27-12-16-32-55(47)64-57/h1-39H. The quantitative estimate of drug-likeness (QED) is 0.173. The highest BCUT2D eigenvalue weighted by atomic mass is 16.5. The molecule has 3 nitrogen and oxygen atoms in total. The fourth-order valence-electron chi connectivity index (χ4n) is 12.0. The first-order valence-electron chi connectivity index (χ1n) is 22.4. The van der Waals surface area contributed by atoms with E-state index in [1.165, 1.54) is 44.5 Å². The first kappa shape index (κ1) is 36.1. The third-order valence-corrected chi connectivity index (χ3v) is 14.4. The van der Waals surface area contributed by atoms with E-state index in [0.717, 1.165) is 72.8 Å². The minimum absolute atomic E-state index is 0.590. The van der Waals surface area contributed by atoms with Crippen molar-refractivity contribution in [3.05, 3.63) is 281 Å². The van der Waals surface area contributed by atoms with Gasteiger partial charge >= 0.3 is 0 Å². The number of fused-ring (bicyclic) bond motifs is 16. The Morgan fingerprint density at radius 2 is 0.938 bits per heavy atom. The molecule has 304 valence electrons. The van der Waals surface area contributed by atoms with Crippen molar-refractivity contribution in [2.45, 2.75) is 10.8 Å². The third kappa shape index (κ3) is 4.74. The van der Waals surface area contributed by atoms with Crippen molar-refractivity contribution >= 4 is 39.0 Å². The maximum absolute atomic E-state index is 7.43. The van der Waals surface area contributed by atoms with E-state index in [0.29, 0.717) is 0 Å². The van der Waals surface area contributed by atoms with Crippen molar-refractivity contribution < 1.29 is 9.15 Å². The summed E-state index contributed by atoms with van der Waals surface area (Å²) in [6.07, 6.45) is 0. The summed E-state index contributed by atoms with van der Waals surface area (Å²) >= 11 is 0. The van der Waals surface area contributed by atoms with E-state index >= 15 is 0 Å². The molecule has 0 amide bonds. The first-order chi connectivity index (χ1) is 32.3. The van der Waals surface area contributed by atoms with Gasteiger partial charge in [0.25, 0.3) is 0 Å². The van der Waals surface area contributed by atoms with Gasteiger partial charge in [0.15, 0.2) is 0 Å². The van der Waals surface area contributed by atoms with Gasteiger partial charge in [-0.15, -0.1) is 0 Å². The molecule has 2 heterocycles. The van der Waals surface area contributed by atoms with Gasteiger partial charge in [-0.1, -0.05) is 188 Å². The van der Waals surface area contributed by atoms with Gasteiger partial charge in [-0.25, -0.2) is 0 Å². The number of rotatable bonds is 5. The molecule has 11 aromatic rings. The lowest BCUT2D eigenvalue weighted by Crippen LogP contribution is -2.33. The molecule has 0 radical (unpaired) electrons. The van der Waals surface area contributed by atoms with Crippen LogP contribution in [0.25, 0.3) is 44.2 Å². The Morgan fingerprint density at radius 1 is 0.354 bits per heavy atom. The zero-order valence-corrected chi connectivity index (χ0v) is 35.3. The topological polar surface area (TPSA) is 25.6 Å². The molecule has 3 heteroatoms. The van der Waals surface area contributed by atoms with Crippen LogP contribution < -0.4 is 9.64 Å². The monoisotopic (exact) mass is 829 g/mol. The summed E-state index contributed by atoms with van der Waals surface area (Å²) in [7, 11) is 0. The molecule has 65 heavy (non-hydrogen) atoms. The average molecular weight is 830 g/mol. The van der Waals surface area contributed by atoms with E-state index in [-0.39, 0.29) is 0 Å². The molecule has 3 aliphatic rings. The van der Waals surface area contributed by atoms with Gasteiger partial charge in [0.05, 0.1) is 21.9 Å². The highest BCUT2D eigenvalue weighted by molar-refractivity contribution is 6.13. The Labute approximate surface area is 377 Å². The van der Waals surface area contributed by atoms with Crippen molar-refractivity contribution in [1.82, 2.24) is 0 Å². The minimum atomic E-state index is -0.700. The number of nitrogens with zero attached hydrogens (tertiary/aromatic N) is 1. The first-order valence-corrected chi connectivity index (χ1v) is 22.4. The van der Waals surface area contributed by atoms with Crippen molar-refractivity contribution in [3.8, 4) is 33.8 Å². The zero-order chi connectivity index (χ0) is 42.7. The molecule has 0 saturated heterocycles. The van der Waals surface area contributed by atoms with E-state index in [4.69, 9.17) is 9.15 Å². The van der Waals surface area contributed by atoms with Crippen molar-refractivity contribution in [3.63, 3.8) is 0 Å². The van der Waals surface area contributed by atoms with Gasteiger partial charge in [0.1, 0.15) is 22.7 Å². The van der Waals surface area contributed by atoms with Crippen LogP contribution in [0.2, 0.25) is 0 Å². The molecule has 2 aliphatic carbocycles. The second-order valence-corrected chi connectivity index (χ2v) is 17.4. The molecule has 0 bridgehead atoms. The van der Waals surface area contributed by atoms with Crippen LogP contribution in [0.5, 0.6) is 11.5 Å². The second kappa shape index (κ2) is 13.6. The van der Waals surface area contributed by atoms with E-state index in [1.54, 1.807) is 0 Å². The predicted molar refractivity (Wildman–Crippen MR) is 263 cm³/mol. The van der Waals surface area contributed by atoms with Crippen LogP contribution in [-0.2, 0) is 10.8 Å². The molecule has 14 rings (SSSR count). The molecule has 0 atom stereocenters. The molecule has 1 spiro atoms. The van der Waals surface area contributed by atoms with Gasteiger partial charge in [-0.2, -0.15) is 0 Å². The number of para-hydroxylation sites is 3. The number of furan rings is 1. The number of anilines is 3. The fraction of sp³-hybridized carbons (Fsp3) is 0.0323. The number of benzene rings is 10. The summed E-state index contributed by atoms with van der Waals surface area (Å²) in [5.74, 6) is 1.79. The minimum Gasteiger partial charge on any atom is -0.456 e. The third-order valence-electron chi connectivity index (χ3n) is 14.4. The van der Waals surface area contributed by atoms with Crippen LogP contribution in [0, 0.1) is 0 Å². The summed E-state index contributed by atoms with van der Waals surface area (Å²) in [4.78, 5) is 2.40. The molecular weight excluding hydrogens is 791 g/mol. The summed E-state index contributed by atoms with van der Waals surface area (Å²) in [5, 5.41) is 2.17. The SMILES string of the molecule is c1ccc(N(c2ccc3c(c2)C(c2ccccc2)(c2ccccc2)c2ccc4c(c2-3)Oc2ccccc2C42c3ccccc3-c3ccccc32)c2cccc3oc4ccccc4c23)cc1. The van der Waals surface area contributed by atoms with Crippen LogP contribution in [0.3, 0.4) is 0 Å². The van der Waals surface area contributed by atoms with Crippen molar-refractivity contribution in [2.24, 2.45) is 0 Å². The van der Waals surface area contributed by atoms with Crippen LogP contribution >= 0.6 is 0 Å². The lowest BCUT2D eigenvalue weighted by Gasteiger charge is -2.40. The Balaban J connectivity index is 1.11. The maximum Gasteiger partial charge on any atom is 0.140 e. The average Bonchev–Trinajstić information content (AvgIpc) is 4.01. The summed E-state index contributed by atoms with van der Waals surface area (Å²) in [6.45, 7) is 0. The molecule has 1 aliphatic heterocycles. The smallest absolute Gasteiger partial charge is 0.140 e. The fourth-order valence-corrected chi connectivity index (χ4v) is 12.0. The highest BCUT2D eigenvalue weighted by Crippen LogP contribution is 2.67. The molecule has 0 saturated carbocycles. The van der Waals surface area contributed by atoms with Gasteiger partial charge in [-0.05, 0) is 98.6 Å². The lowest BCUT2D eigenvalue weighted by molar-refractivity contribution is 0.437. The zero-order valence-electron chi connectivity index (χ0n) is 35.3. The van der Waals surface area contributed by atoms with E-state index < -0.39 is 10.8 Å². The maximum atomic E-state index is 7.43. The van der Waals surface area contributed by atoms with E-state index in [9.17, 15) is 0 Å². The normalized spacial score (nSPS) is 14.2. The van der Waals surface area contributed by atoms with Crippen molar-refractivity contribution in [2.75, 3.05) is 4.90 Å². The summed E-state index contributed by atoms with van der Waals surface area (Å²) in [5.41, 5.74) is 18.1. The van der Waals surface area contributed by atoms with Gasteiger partial charge in [-0.3, -0.25) is 0 Å². The number of hydrogen-bond acceptors (Lipinski definition) is 3. The Hall–Kier alpha value is -8.40. The molecule has 1 aromatic heterocycles.